The van der Waals surface area contributed by atoms with Gasteiger partial charge in [-0.15, -0.1) is 0 Å². The molecule has 0 fully saturated rings. The standard InChI is InChI=1S/C13H12BrNO2/c1-16-12-4-2-10(3-5-12)9-17-13-8-11(14)6-7-15-13/h2-8H,9H2,1H3. The number of hydrogen-bond acceptors (Lipinski definition) is 3. The molecule has 0 saturated carbocycles. The van der Waals surface area contributed by atoms with Gasteiger partial charge in [0.2, 0.25) is 5.88 Å². The molecule has 0 saturated heterocycles. The number of ether oxygens (including phenoxy) is 2. The summed E-state index contributed by atoms with van der Waals surface area (Å²) in [5.41, 5.74) is 1.08. The summed E-state index contributed by atoms with van der Waals surface area (Å²) in [5, 5.41) is 0. The number of rotatable bonds is 4. The van der Waals surface area contributed by atoms with Crippen LogP contribution in [-0.2, 0) is 6.61 Å². The van der Waals surface area contributed by atoms with Gasteiger partial charge in [-0.3, -0.25) is 0 Å². The molecule has 88 valence electrons. The summed E-state index contributed by atoms with van der Waals surface area (Å²) < 4.78 is 11.6. The topological polar surface area (TPSA) is 31.4 Å². The van der Waals surface area contributed by atoms with Crippen LogP contribution in [0.2, 0.25) is 0 Å². The summed E-state index contributed by atoms with van der Waals surface area (Å²) in [4.78, 5) is 4.11. The highest BCUT2D eigenvalue weighted by atomic mass is 79.9. The van der Waals surface area contributed by atoms with Crippen LogP contribution in [0.4, 0.5) is 0 Å². The first kappa shape index (κ1) is 11.9. The zero-order chi connectivity index (χ0) is 12.1. The molecule has 2 rings (SSSR count). The first-order chi connectivity index (χ1) is 8.28. The van der Waals surface area contributed by atoms with Crippen LogP contribution in [0.25, 0.3) is 0 Å². The molecule has 0 unspecified atom stereocenters. The van der Waals surface area contributed by atoms with Crippen LogP contribution in [0.3, 0.4) is 0 Å². The van der Waals surface area contributed by atoms with E-state index < -0.39 is 0 Å². The van der Waals surface area contributed by atoms with Gasteiger partial charge in [-0.2, -0.15) is 0 Å². The Labute approximate surface area is 109 Å². The second kappa shape index (κ2) is 5.68. The molecule has 1 aromatic carbocycles. The predicted molar refractivity (Wildman–Crippen MR) is 69.3 cm³/mol. The maximum Gasteiger partial charge on any atom is 0.214 e. The van der Waals surface area contributed by atoms with Crippen molar-refractivity contribution in [2.75, 3.05) is 7.11 Å². The Balaban J connectivity index is 1.97. The van der Waals surface area contributed by atoms with E-state index in [1.54, 1.807) is 13.3 Å². The van der Waals surface area contributed by atoms with Crippen molar-refractivity contribution in [3.63, 3.8) is 0 Å². The van der Waals surface area contributed by atoms with Crippen LogP contribution in [-0.4, -0.2) is 12.1 Å². The van der Waals surface area contributed by atoms with Crippen molar-refractivity contribution in [1.82, 2.24) is 4.98 Å². The van der Waals surface area contributed by atoms with E-state index in [9.17, 15) is 0 Å². The van der Waals surface area contributed by atoms with Crippen molar-refractivity contribution in [2.45, 2.75) is 6.61 Å². The van der Waals surface area contributed by atoms with E-state index in [4.69, 9.17) is 9.47 Å². The van der Waals surface area contributed by atoms with E-state index >= 15 is 0 Å². The van der Waals surface area contributed by atoms with Crippen molar-refractivity contribution in [2.24, 2.45) is 0 Å². The molecular formula is C13H12BrNO2. The smallest absolute Gasteiger partial charge is 0.214 e. The first-order valence-corrected chi connectivity index (χ1v) is 5.94. The molecule has 0 aliphatic rings. The van der Waals surface area contributed by atoms with Crippen LogP contribution < -0.4 is 9.47 Å². The highest BCUT2D eigenvalue weighted by Gasteiger charge is 1.98. The molecular weight excluding hydrogens is 282 g/mol. The Morgan fingerprint density at radius 1 is 1.18 bits per heavy atom. The Morgan fingerprint density at radius 3 is 2.59 bits per heavy atom. The van der Waals surface area contributed by atoms with Crippen LogP contribution in [0, 0.1) is 0 Å². The molecule has 0 radical (unpaired) electrons. The number of nitrogens with zero attached hydrogens (tertiary/aromatic N) is 1. The van der Waals surface area contributed by atoms with Crippen molar-refractivity contribution in [3.05, 3.63) is 52.6 Å². The fourth-order valence-electron chi connectivity index (χ4n) is 1.34. The normalized spacial score (nSPS) is 10.0. The third-order valence-electron chi connectivity index (χ3n) is 2.24. The van der Waals surface area contributed by atoms with Crippen molar-refractivity contribution in [1.29, 1.82) is 0 Å². The SMILES string of the molecule is COc1ccc(COc2cc(Br)ccn2)cc1. The number of aromatic nitrogens is 1. The summed E-state index contributed by atoms with van der Waals surface area (Å²) in [7, 11) is 1.65. The molecule has 1 heterocycles. The van der Waals surface area contributed by atoms with E-state index in [0.29, 0.717) is 12.5 Å². The Hall–Kier alpha value is -1.55. The molecule has 17 heavy (non-hydrogen) atoms. The average Bonchev–Trinajstić information content (AvgIpc) is 2.37. The lowest BCUT2D eigenvalue weighted by Crippen LogP contribution is -1.97. The summed E-state index contributed by atoms with van der Waals surface area (Å²) in [6, 6.07) is 11.5. The zero-order valence-corrected chi connectivity index (χ0v) is 11.0. The quantitative estimate of drug-likeness (QED) is 0.865. The number of methoxy groups -OCH3 is 1. The number of hydrogen-bond donors (Lipinski definition) is 0. The lowest BCUT2D eigenvalue weighted by atomic mass is 10.2. The monoisotopic (exact) mass is 293 g/mol. The Bertz CT molecular complexity index is 485. The van der Waals surface area contributed by atoms with E-state index in [0.717, 1.165) is 15.8 Å². The fourth-order valence-corrected chi connectivity index (χ4v) is 1.66. The van der Waals surface area contributed by atoms with Gasteiger partial charge in [-0.05, 0) is 23.8 Å². The Kier molecular flexibility index (Phi) is 3.98. The molecule has 3 nitrogen and oxygen atoms in total. The molecule has 0 spiro atoms. The number of halogens is 1. The average molecular weight is 294 g/mol. The molecule has 4 heteroatoms. The molecule has 0 aliphatic heterocycles. The molecule has 0 aliphatic carbocycles. The zero-order valence-electron chi connectivity index (χ0n) is 9.39. The minimum atomic E-state index is 0.493. The fraction of sp³-hybridized carbons (Fsp3) is 0.154. The van der Waals surface area contributed by atoms with Crippen molar-refractivity contribution in [3.8, 4) is 11.6 Å². The predicted octanol–water partition coefficient (Wildman–Crippen LogP) is 3.43. The lowest BCUT2D eigenvalue weighted by Gasteiger charge is -2.06. The highest BCUT2D eigenvalue weighted by Crippen LogP contribution is 2.17. The van der Waals surface area contributed by atoms with E-state index in [1.165, 1.54) is 0 Å². The molecule has 1 aromatic heterocycles. The van der Waals surface area contributed by atoms with Gasteiger partial charge in [0.05, 0.1) is 7.11 Å². The summed E-state index contributed by atoms with van der Waals surface area (Å²) in [6.45, 7) is 0.493. The summed E-state index contributed by atoms with van der Waals surface area (Å²) in [6.07, 6.45) is 1.70. The minimum absolute atomic E-state index is 0.493. The second-order valence-electron chi connectivity index (χ2n) is 3.45. The first-order valence-electron chi connectivity index (χ1n) is 5.15. The maximum atomic E-state index is 5.56. The van der Waals surface area contributed by atoms with Gasteiger partial charge >= 0.3 is 0 Å². The van der Waals surface area contributed by atoms with Gasteiger partial charge in [0.1, 0.15) is 12.4 Å². The molecule has 0 amide bonds. The molecule has 2 aromatic rings. The van der Waals surface area contributed by atoms with Gasteiger partial charge in [-0.1, -0.05) is 28.1 Å². The molecule has 0 atom stereocenters. The van der Waals surface area contributed by atoms with Gasteiger partial charge in [-0.25, -0.2) is 4.98 Å². The van der Waals surface area contributed by atoms with Crippen LogP contribution in [0.5, 0.6) is 11.6 Å². The Morgan fingerprint density at radius 2 is 1.94 bits per heavy atom. The third kappa shape index (κ3) is 3.46. The summed E-state index contributed by atoms with van der Waals surface area (Å²) >= 11 is 3.37. The van der Waals surface area contributed by atoms with Crippen LogP contribution in [0.15, 0.2) is 47.1 Å². The maximum absolute atomic E-state index is 5.56. The van der Waals surface area contributed by atoms with Gasteiger partial charge in [0.25, 0.3) is 0 Å². The highest BCUT2D eigenvalue weighted by molar-refractivity contribution is 9.10. The van der Waals surface area contributed by atoms with Crippen LogP contribution >= 0.6 is 15.9 Å². The largest absolute Gasteiger partial charge is 0.497 e. The van der Waals surface area contributed by atoms with E-state index in [-0.39, 0.29) is 0 Å². The third-order valence-corrected chi connectivity index (χ3v) is 2.74. The lowest BCUT2D eigenvalue weighted by molar-refractivity contribution is 0.293. The van der Waals surface area contributed by atoms with Crippen molar-refractivity contribution >= 4 is 15.9 Å². The van der Waals surface area contributed by atoms with E-state index in [1.807, 2.05) is 36.4 Å². The second-order valence-corrected chi connectivity index (χ2v) is 4.36. The van der Waals surface area contributed by atoms with E-state index in [2.05, 4.69) is 20.9 Å². The van der Waals surface area contributed by atoms with Crippen molar-refractivity contribution < 1.29 is 9.47 Å². The van der Waals surface area contributed by atoms with Gasteiger partial charge in [0, 0.05) is 16.7 Å². The minimum Gasteiger partial charge on any atom is -0.497 e. The van der Waals surface area contributed by atoms with Gasteiger partial charge < -0.3 is 9.47 Å². The van der Waals surface area contributed by atoms with Gasteiger partial charge in [0.15, 0.2) is 0 Å². The summed E-state index contributed by atoms with van der Waals surface area (Å²) in [5.74, 6) is 1.45. The molecule has 0 bridgehead atoms. The van der Waals surface area contributed by atoms with Crippen LogP contribution in [0.1, 0.15) is 5.56 Å². The molecule has 0 N–H and O–H groups in total. The number of pyridine rings is 1. The number of benzene rings is 1.